The van der Waals surface area contributed by atoms with E-state index in [0.29, 0.717) is 25.9 Å². The highest BCUT2D eigenvalue weighted by atomic mass is 32.2. The van der Waals surface area contributed by atoms with Crippen molar-refractivity contribution < 1.29 is 12.8 Å². The molecule has 2 heterocycles. The highest BCUT2D eigenvalue weighted by Gasteiger charge is 2.45. The molecule has 2 aromatic rings. The minimum Gasteiger partial charge on any atom is -0.241 e. The van der Waals surface area contributed by atoms with Crippen molar-refractivity contribution in [2.75, 3.05) is 19.3 Å². The molecule has 0 saturated carbocycles. The van der Waals surface area contributed by atoms with Gasteiger partial charge in [0.25, 0.3) is 0 Å². The topological polar surface area (TPSA) is 63.2 Å². The molecule has 0 unspecified atom stereocenters. The van der Waals surface area contributed by atoms with Crippen LogP contribution in [-0.4, -0.2) is 42.0 Å². The van der Waals surface area contributed by atoms with E-state index in [9.17, 15) is 12.8 Å². The largest absolute Gasteiger partial charge is 0.241 e. The molecule has 0 aliphatic carbocycles. The molecule has 5 nitrogen and oxygen atoms in total. The maximum atomic E-state index is 14.2. The van der Waals surface area contributed by atoms with Gasteiger partial charge in [-0.2, -0.15) is 0 Å². The zero-order chi connectivity index (χ0) is 20.5. The van der Waals surface area contributed by atoms with Crippen molar-refractivity contribution in [1.82, 2.24) is 14.3 Å². The van der Waals surface area contributed by atoms with Crippen molar-refractivity contribution in [3.8, 4) is 0 Å². The van der Waals surface area contributed by atoms with Gasteiger partial charge in [-0.15, -0.1) is 0 Å². The van der Waals surface area contributed by atoms with Crippen LogP contribution in [-0.2, 0) is 15.4 Å². The Bertz CT molecular complexity index is 936. The standard InChI is InChI=1S/C21H28FN3O2S/c1-5-21(18-7-6-8-19(22)13-18,20-15(2)23-14-24-16(20)3)17-9-11-25(12-10-17)28(4,26)27/h6-8,13-14,17H,5,9-12H2,1-4H3/t21-/m0/s1. The Balaban J connectivity index is 2.16. The summed E-state index contributed by atoms with van der Waals surface area (Å²) in [5, 5.41) is 0. The number of aryl methyl sites for hydroxylation is 2. The van der Waals surface area contributed by atoms with E-state index in [1.54, 1.807) is 18.5 Å². The lowest BCUT2D eigenvalue weighted by Crippen LogP contribution is -2.46. The quantitative estimate of drug-likeness (QED) is 0.762. The molecule has 0 spiro atoms. The summed E-state index contributed by atoms with van der Waals surface area (Å²) < 4.78 is 39.7. The van der Waals surface area contributed by atoms with Gasteiger partial charge in [0, 0.05) is 35.5 Å². The van der Waals surface area contributed by atoms with Gasteiger partial charge < -0.3 is 0 Å². The molecule has 1 fully saturated rings. The molecule has 0 radical (unpaired) electrons. The summed E-state index contributed by atoms with van der Waals surface area (Å²) in [5.41, 5.74) is 3.28. The first kappa shape index (κ1) is 20.9. The third-order valence-electron chi connectivity index (χ3n) is 6.19. The van der Waals surface area contributed by atoms with Gasteiger partial charge in [-0.25, -0.2) is 27.1 Å². The number of rotatable bonds is 5. The lowest BCUT2D eigenvalue weighted by molar-refractivity contribution is 0.193. The fourth-order valence-electron chi connectivity index (χ4n) is 4.94. The maximum Gasteiger partial charge on any atom is 0.211 e. The minimum atomic E-state index is -3.21. The molecule has 1 saturated heterocycles. The van der Waals surface area contributed by atoms with Crippen LogP contribution in [0, 0.1) is 25.6 Å². The molecule has 7 heteroatoms. The molecular weight excluding hydrogens is 377 g/mol. The van der Waals surface area contributed by atoms with Gasteiger partial charge in [-0.3, -0.25) is 0 Å². The van der Waals surface area contributed by atoms with Crippen LogP contribution < -0.4 is 0 Å². The summed E-state index contributed by atoms with van der Waals surface area (Å²) in [6.07, 6.45) is 5.00. The Labute approximate surface area is 167 Å². The zero-order valence-corrected chi connectivity index (χ0v) is 17.8. The van der Waals surface area contributed by atoms with Gasteiger partial charge in [0.1, 0.15) is 12.1 Å². The predicted molar refractivity (Wildman–Crippen MR) is 108 cm³/mol. The van der Waals surface area contributed by atoms with E-state index in [-0.39, 0.29) is 11.7 Å². The molecule has 1 aromatic carbocycles. The lowest BCUT2D eigenvalue weighted by Gasteiger charge is -2.46. The van der Waals surface area contributed by atoms with E-state index >= 15 is 0 Å². The molecule has 1 aromatic heterocycles. The second-order valence-corrected chi connectivity index (χ2v) is 9.67. The van der Waals surface area contributed by atoms with Crippen molar-refractivity contribution >= 4 is 10.0 Å². The van der Waals surface area contributed by atoms with Crippen LogP contribution in [0.25, 0.3) is 0 Å². The molecule has 3 rings (SSSR count). The summed E-state index contributed by atoms with van der Waals surface area (Å²) in [7, 11) is -3.21. The van der Waals surface area contributed by atoms with E-state index < -0.39 is 15.4 Å². The van der Waals surface area contributed by atoms with Crippen LogP contribution in [0.3, 0.4) is 0 Å². The lowest BCUT2D eigenvalue weighted by atomic mass is 9.60. The average Bonchev–Trinajstić information content (AvgIpc) is 2.64. The summed E-state index contributed by atoms with van der Waals surface area (Å²) >= 11 is 0. The second kappa shape index (κ2) is 7.87. The van der Waals surface area contributed by atoms with Gasteiger partial charge in [0.15, 0.2) is 0 Å². The molecule has 1 aliphatic heterocycles. The number of hydrogen-bond donors (Lipinski definition) is 0. The average molecular weight is 406 g/mol. The Morgan fingerprint density at radius 3 is 2.29 bits per heavy atom. The molecule has 0 bridgehead atoms. The van der Waals surface area contributed by atoms with E-state index in [4.69, 9.17) is 0 Å². The third kappa shape index (κ3) is 3.70. The van der Waals surface area contributed by atoms with E-state index in [0.717, 1.165) is 28.9 Å². The second-order valence-electron chi connectivity index (χ2n) is 7.69. The van der Waals surface area contributed by atoms with E-state index in [1.165, 1.54) is 16.6 Å². The van der Waals surface area contributed by atoms with Crippen molar-refractivity contribution in [3.05, 3.63) is 58.9 Å². The number of benzene rings is 1. The van der Waals surface area contributed by atoms with Gasteiger partial charge in [-0.1, -0.05) is 19.1 Å². The number of nitrogens with zero attached hydrogens (tertiary/aromatic N) is 3. The van der Waals surface area contributed by atoms with Crippen LogP contribution in [0.15, 0.2) is 30.6 Å². The molecule has 152 valence electrons. The van der Waals surface area contributed by atoms with Crippen molar-refractivity contribution in [1.29, 1.82) is 0 Å². The van der Waals surface area contributed by atoms with Crippen LogP contribution in [0.4, 0.5) is 4.39 Å². The predicted octanol–water partition coefficient (Wildman–Crippen LogP) is 3.60. The minimum absolute atomic E-state index is 0.167. The summed E-state index contributed by atoms with van der Waals surface area (Å²) in [5.74, 6) is -0.100. The molecular formula is C21H28FN3O2S. The fraction of sp³-hybridized carbons (Fsp3) is 0.524. The summed E-state index contributed by atoms with van der Waals surface area (Å²) in [6, 6.07) is 6.78. The van der Waals surface area contributed by atoms with Crippen LogP contribution in [0.5, 0.6) is 0 Å². The van der Waals surface area contributed by atoms with Crippen molar-refractivity contribution in [2.45, 2.75) is 45.4 Å². The van der Waals surface area contributed by atoms with Gasteiger partial charge in [0.05, 0.1) is 6.26 Å². The van der Waals surface area contributed by atoms with Gasteiger partial charge in [-0.05, 0) is 56.7 Å². The number of aromatic nitrogens is 2. The van der Waals surface area contributed by atoms with E-state index in [2.05, 4.69) is 16.9 Å². The number of sulfonamides is 1. The van der Waals surface area contributed by atoms with Gasteiger partial charge in [0.2, 0.25) is 10.0 Å². The van der Waals surface area contributed by atoms with Crippen molar-refractivity contribution in [2.24, 2.45) is 5.92 Å². The van der Waals surface area contributed by atoms with Crippen LogP contribution >= 0.6 is 0 Å². The highest BCUT2D eigenvalue weighted by molar-refractivity contribution is 7.88. The maximum absolute atomic E-state index is 14.2. The first-order chi connectivity index (χ1) is 13.2. The van der Waals surface area contributed by atoms with Gasteiger partial charge >= 0.3 is 0 Å². The van der Waals surface area contributed by atoms with Crippen molar-refractivity contribution in [3.63, 3.8) is 0 Å². The summed E-state index contributed by atoms with van der Waals surface area (Å²) in [6.45, 7) is 7.01. The molecule has 1 atom stereocenters. The van der Waals surface area contributed by atoms with E-state index in [1.807, 2.05) is 19.9 Å². The first-order valence-electron chi connectivity index (χ1n) is 9.70. The number of hydrogen-bond acceptors (Lipinski definition) is 4. The Hall–Kier alpha value is -1.86. The number of piperidine rings is 1. The Morgan fingerprint density at radius 1 is 1.18 bits per heavy atom. The van der Waals surface area contributed by atoms with Crippen LogP contribution in [0.2, 0.25) is 0 Å². The SMILES string of the molecule is CC[C@](c1cccc(F)c1)(c1c(C)ncnc1C)C1CCN(S(C)(=O)=O)CC1. The molecule has 28 heavy (non-hydrogen) atoms. The molecule has 1 aliphatic rings. The molecule has 0 amide bonds. The fourth-order valence-corrected chi connectivity index (χ4v) is 5.81. The smallest absolute Gasteiger partial charge is 0.211 e. The van der Waals surface area contributed by atoms with Crippen LogP contribution in [0.1, 0.15) is 48.7 Å². The Kier molecular flexibility index (Phi) is 5.87. The first-order valence-corrected chi connectivity index (χ1v) is 11.5. The molecule has 0 N–H and O–H groups in total. The number of halogens is 1. The Morgan fingerprint density at radius 2 is 1.79 bits per heavy atom. The summed E-state index contributed by atoms with van der Waals surface area (Å²) in [4.78, 5) is 8.88. The third-order valence-corrected chi connectivity index (χ3v) is 7.49. The highest BCUT2D eigenvalue weighted by Crippen LogP contribution is 2.48. The normalized spacial score (nSPS) is 18.8. The zero-order valence-electron chi connectivity index (χ0n) is 16.9. The monoisotopic (exact) mass is 405 g/mol.